The normalized spacial score (nSPS) is 10.7. The molecule has 2 heterocycles. The summed E-state index contributed by atoms with van der Waals surface area (Å²) in [6, 6.07) is 17.8. The van der Waals surface area contributed by atoms with Crippen molar-refractivity contribution in [1.82, 2.24) is 14.8 Å². The number of hydrogen-bond donors (Lipinski definition) is 0. The number of carbonyl (C=O) groups is 2. The van der Waals surface area contributed by atoms with E-state index in [9.17, 15) is 9.59 Å². The van der Waals surface area contributed by atoms with Crippen molar-refractivity contribution in [2.45, 2.75) is 19.8 Å². The lowest BCUT2D eigenvalue weighted by atomic mass is 10.0. The van der Waals surface area contributed by atoms with Crippen LogP contribution in [0.4, 0.5) is 0 Å². The summed E-state index contributed by atoms with van der Waals surface area (Å²) in [5, 5.41) is 4.69. The third-order valence-corrected chi connectivity index (χ3v) is 5.13. The topological polar surface area (TPSA) is 74.1 Å². The monoisotopic (exact) mass is 445 g/mol. The van der Waals surface area contributed by atoms with Gasteiger partial charge in [0.1, 0.15) is 5.75 Å². The summed E-state index contributed by atoms with van der Waals surface area (Å²) in [4.78, 5) is 29.2. The second-order valence-electron chi connectivity index (χ2n) is 7.33. The molecule has 0 saturated heterocycles. The highest BCUT2D eigenvalue weighted by atomic mass is 35.5. The van der Waals surface area contributed by atoms with E-state index >= 15 is 0 Å². The number of aryl methyl sites for hydroxylation is 1. The smallest absolute Gasteiger partial charge is 0.315 e. The molecule has 0 amide bonds. The van der Waals surface area contributed by atoms with E-state index in [1.54, 1.807) is 59.7 Å². The Hall–Kier alpha value is -3.77. The van der Waals surface area contributed by atoms with Crippen LogP contribution in [-0.4, -0.2) is 26.5 Å². The molecule has 160 valence electrons. The van der Waals surface area contributed by atoms with E-state index in [0.29, 0.717) is 21.9 Å². The summed E-state index contributed by atoms with van der Waals surface area (Å²) in [5.41, 5.74) is 3.77. The Morgan fingerprint density at radius 2 is 1.81 bits per heavy atom. The van der Waals surface area contributed by atoms with Crippen LogP contribution < -0.4 is 4.74 Å². The minimum atomic E-state index is -0.437. The summed E-state index contributed by atoms with van der Waals surface area (Å²) in [6.07, 6.45) is 5.37. The number of pyridine rings is 1. The zero-order valence-electron chi connectivity index (χ0n) is 17.4. The van der Waals surface area contributed by atoms with Crippen molar-refractivity contribution >= 4 is 23.4 Å². The lowest BCUT2D eigenvalue weighted by Gasteiger charge is -2.06. The molecule has 2 aromatic heterocycles. The van der Waals surface area contributed by atoms with Crippen LogP contribution in [0.25, 0.3) is 5.69 Å². The van der Waals surface area contributed by atoms with Crippen molar-refractivity contribution in [2.24, 2.45) is 0 Å². The highest BCUT2D eigenvalue weighted by Crippen LogP contribution is 2.23. The van der Waals surface area contributed by atoms with Gasteiger partial charge in [-0.1, -0.05) is 41.9 Å². The van der Waals surface area contributed by atoms with Gasteiger partial charge in [-0.3, -0.25) is 14.6 Å². The van der Waals surface area contributed by atoms with E-state index in [1.807, 2.05) is 31.2 Å². The molecule has 0 aliphatic carbocycles. The van der Waals surface area contributed by atoms with Gasteiger partial charge in [0.15, 0.2) is 5.78 Å². The quantitative estimate of drug-likeness (QED) is 0.232. The van der Waals surface area contributed by atoms with Gasteiger partial charge >= 0.3 is 5.97 Å². The average Bonchev–Trinajstić information content (AvgIpc) is 3.25. The number of nitrogens with zero attached hydrogens (tertiary/aromatic N) is 3. The van der Waals surface area contributed by atoms with Gasteiger partial charge in [-0.2, -0.15) is 5.10 Å². The second kappa shape index (κ2) is 9.58. The minimum absolute atomic E-state index is 0.00630. The first-order valence-corrected chi connectivity index (χ1v) is 10.4. The number of rotatable bonds is 7. The number of halogens is 1. The van der Waals surface area contributed by atoms with Gasteiger partial charge in [0.2, 0.25) is 0 Å². The largest absolute Gasteiger partial charge is 0.425 e. The van der Waals surface area contributed by atoms with Crippen LogP contribution in [0, 0.1) is 6.92 Å². The molecular weight excluding hydrogens is 426 g/mol. The number of Topliss-reactive ketones (excluding diaryl/α,β-unsaturated/α-hetero) is 1. The van der Waals surface area contributed by atoms with Crippen molar-refractivity contribution in [3.05, 3.63) is 107 Å². The standard InChI is InChI=1S/C25H20ClN3O3/c1-17-9-10-18(14-27-17)11-23(30)20-5-4-6-21(13-20)29-16-19(15-28-29)12-25(31)32-24-8-3-2-7-22(24)26/h2-10,13-16H,11-12H2,1H3. The molecule has 0 radical (unpaired) electrons. The SMILES string of the molecule is Cc1ccc(CC(=O)c2cccc(-n3cc(CC(=O)Oc4ccccc4Cl)cn3)c2)cn1. The molecule has 4 aromatic rings. The first-order valence-electron chi connectivity index (χ1n) is 10.0. The van der Waals surface area contributed by atoms with Gasteiger partial charge in [0.05, 0.1) is 23.3 Å². The fraction of sp³-hybridized carbons (Fsp3) is 0.120. The predicted octanol–water partition coefficient (Wildman–Crippen LogP) is 4.80. The lowest BCUT2D eigenvalue weighted by molar-refractivity contribution is -0.133. The van der Waals surface area contributed by atoms with E-state index in [4.69, 9.17) is 16.3 Å². The number of hydrogen-bond acceptors (Lipinski definition) is 5. The molecule has 6 nitrogen and oxygen atoms in total. The molecule has 4 rings (SSSR count). The Labute approximate surface area is 190 Å². The predicted molar refractivity (Wildman–Crippen MR) is 121 cm³/mol. The summed E-state index contributed by atoms with van der Waals surface area (Å²) < 4.78 is 6.95. The fourth-order valence-electron chi connectivity index (χ4n) is 3.16. The average molecular weight is 446 g/mol. The maximum atomic E-state index is 12.7. The Morgan fingerprint density at radius 3 is 2.59 bits per heavy atom. The molecule has 0 spiro atoms. The van der Waals surface area contributed by atoms with Gasteiger partial charge < -0.3 is 4.74 Å². The molecule has 0 saturated carbocycles. The summed E-state index contributed by atoms with van der Waals surface area (Å²) >= 11 is 6.03. The molecular formula is C25H20ClN3O3. The molecule has 2 aromatic carbocycles. The third-order valence-electron chi connectivity index (χ3n) is 4.81. The van der Waals surface area contributed by atoms with Gasteiger partial charge in [-0.25, -0.2) is 4.68 Å². The van der Waals surface area contributed by atoms with Gasteiger partial charge in [0.25, 0.3) is 0 Å². The molecule has 0 aliphatic heterocycles. The highest BCUT2D eigenvalue weighted by molar-refractivity contribution is 6.32. The first-order chi connectivity index (χ1) is 15.5. The van der Waals surface area contributed by atoms with Crippen LogP contribution in [-0.2, 0) is 17.6 Å². The van der Waals surface area contributed by atoms with Crippen LogP contribution in [0.15, 0.2) is 79.3 Å². The number of para-hydroxylation sites is 1. The first kappa shape index (κ1) is 21.5. The number of carbonyl (C=O) groups excluding carboxylic acids is 2. The Bertz CT molecular complexity index is 1270. The van der Waals surface area contributed by atoms with Crippen LogP contribution in [0.1, 0.15) is 27.2 Å². The maximum absolute atomic E-state index is 12.7. The van der Waals surface area contributed by atoms with E-state index in [1.165, 1.54) is 0 Å². The van der Waals surface area contributed by atoms with Gasteiger partial charge in [-0.05, 0) is 42.8 Å². The molecule has 0 fully saturated rings. The molecule has 0 aliphatic rings. The van der Waals surface area contributed by atoms with E-state index in [0.717, 1.165) is 16.9 Å². The molecule has 0 atom stereocenters. The van der Waals surface area contributed by atoms with Crippen molar-refractivity contribution in [3.63, 3.8) is 0 Å². The maximum Gasteiger partial charge on any atom is 0.315 e. The zero-order valence-corrected chi connectivity index (χ0v) is 18.1. The lowest BCUT2D eigenvalue weighted by Crippen LogP contribution is -2.11. The number of ether oxygens (including phenoxy) is 1. The molecule has 0 bridgehead atoms. The van der Waals surface area contributed by atoms with Crippen molar-refractivity contribution < 1.29 is 14.3 Å². The van der Waals surface area contributed by atoms with Crippen LogP contribution in [0.5, 0.6) is 5.75 Å². The van der Waals surface area contributed by atoms with E-state index in [-0.39, 0.29) is 18.6 Å². The fourth-order valence-corrected chi connectivity index (χ4v) is 3.33. The van der Waals surface area contributed by atoms with Crippen LogP contribution in [0.3, 0.4) is 0 Å². The Kier molecular flexibility index (Phi) is 6.42. The van der Waals surface area contributed by atoms with Crippen LogP contribution >= 0.6 is 11.6 Å². The Balaban J connectivity index is 1.43. The second-order valence-corrected chi connectivity index (χ2v) is 7.74. The molecule has 0 N–H and O–H groups in total. The summed E-state index contributed by atoms with van der Waals surface area (Å²) in [5.74, 6) is -0.122. The van der Waals surface area contributed by atoms with Crippen molar-refractivity contribution in [3.8, 4) is 11.4 Å². The van der Waals surface area contributed by atoms with Crippen molar-refractivity contribution in [1.29, 1.82) is 0 Å². The van der Waals surface area contributed by atoms with Crippen LogP contribution in [0.2, 0.25) is 5.02 Å². The number of ketones is 1. The number of aromatic nitrogens is 3. The molecule has 7 heteroatoms. The third kappa shape index (κ3) is 5.28. The van der Waals surface area contributed by atoms with E-state index < -0.39 is 5.97 Å². The molecule has 32 heavy (non-hydrogen) atoms. The van der Waals surface area contributed by atoms with Gasteiger partial charge in [0, 0.05) is 35.6 Å². The van der Waals surface area contributed by atoms with Gasteiger partial charge in [-0.15, -0.1) is 0 Å². The highest BCUT2D eigenvalue weighted by Gasteiger charge is 2.13. The van der Waals surface area contributed by atoms with E-state index in [2.05, 4.69) is 10.1 Å². The molecule has 0 unspecified atom stereocenters. The number of esters is 1. The minimum Gasteiger partial charge on any atom is -0.425 e. The number of benzene rings is 2. The van der Waals surface area contributed by atoms with Crippen molar-refractivity contribution in [2.75, 3.05) is 0 Å². The summed E-state index contributed by atoms with van der Waals surface area (Å²) in [6.45, 7) is 1.91. The summed E-state index contributed by atoms with van der Waals surface area (Å²) in [7, 11) is 0. The zero-order chi connectivity index (χ0) is 22.5. The Morgan fingerprint density at radius 1 is 0.969 bits per heavy atom.